The van der Waals surface area contributed by atoms with Crippen molar-refractivity contribution in [2.75, 3.05) is 0 Å². The maximum absolute atomic E-state index is 10.8. The molecule has 2 N–H and O–H groups in total. The van der Waals surface area contributed by atoms with Crippen LogP contribution in [0.3, 0.4) is 0 Å². The highest BCUT2D eigenvalue weighted by atomic mass is 17.1. The largest absolute Gasteiger partial charge is 0.481 e. The maximum Gasteiger partial charge on any atom is 0.345 e. The van der Waals surface area contributed by atoms with E-state index in [4.69, 9.17) is 10.4 Å². The first-order valence-electron chi connectivity index (χ1n) is 4.18. The molecule has 0 saturated heterocycles. The fraction of sp³-hybridized carbons (Fsp3) is 0.750. The van der Waals surface area contributed by atoms with Crippen molar-refractivity contribution in [2.24, 2.45) is 5.92 Å². The summed E-state index contributed by atoms with van der Waals surface area (Å²) in [7, 11) is 0. The van der Waals surface area contributed by atoms with Crippen LogP contribution in [0.2, 0.25) is 0 Å². The van der Waals surface area contributed by atoms with E-state index in [1.54, 1.807) is 0 Å². The highest BCUT2D eigenvalue weighted by Gasteiger charge is 2.22. The van der Waals surface area contributed by atoms with Crippen LogP contribution in [0.25, 0.3) is 0 Å². The van der Waals surface area contributed by atoms with Crippen molar-refractivity contribution in [1.29, 1.82) is 0 Å². The van der Waals surface area contributed by atoms with E-state index >= 15 is 0 Å². The van der Waals surface area contributed by atoms with Crippen LogP contribution < -0.4 is 0 Å². The normalized spacial score (nSPS) is 12.2. The first-order valence-corrected chi connectivity index (χ1v) is 4.18. The minimum atomic E-state index is -1.06. The lowest BCUT2D eigenvalue weighted by atomic mass is 9.99. The molecule has 0 aliphatic carbocycles. The van der Waals surface area contributed by atoms with E-state index < -0.39 is 17.9 Å². The summed E-state index contributed by atoms with van der Waals surface area (Å²) in [6.45, 7) is 1.93. The van der Waals surface area contributed by atoms with Crippen LogP contribution in [-0.4, -0.2) is 22.3 Å². The van der Waals surface area contributed by atoms with Crippen molar-refractivity contribution in [3.05, 3.63) is 0 Å². The molecule has 5 nitrogen and oxygen atoms in total. The van der Waals surface area contributed by atoms with E-state index in [0.29, 0.717) is 6.42 Å². The third-order valence-corrected chi connectivity index (χ3v) is 1.75. The number of carbonyl (C=O) groups is 2. The molecule has 0 aromatic heterocycles. The molecule has 0 fully saturated rings. The van der Waals surface area contributed by atoms with Crippen LogP contribution >= 0.6 is 0 Å². The Labute approximate surface area is 76.2 Å². The zero-order valence-electron chi connectivity index (χ0n) is 7.52. The topological polar surface area (TPSA) is 83.8 Å². The Morgan fingerprint density at radius 1 is 1.46 bits per heavy atom. The zero-order chi connectivity index (χ0) is 10.3. The Balaban J connectivity index is 4.02. The predicted molar refractivity (Wildman–Crippen MR) is 44.0 cm³/mol. The molecule has 13 heavy (non-hydrogen) atoms. The summed E-state index contributed by atoms with van der Waals surface area (Å²) in [5.74, 6) is -2.66. The Bertz CT molecular complexity index is 177. The second-order valence-electron chi connectivity index (χ2n) is 2.85. The van der Waals surface area contributed by atoms with Crippen molar-refractivity contribution in [3.63, 3.8) is 0 Å². The number of aliphatic carboxylic acids is 1. The van der Waals surface area contributed by atoms with Gasteiger partial charge in [-0.05, 0) is 6.42 Å². The van der Waals surface area contributed by atoms with Gasteiger partial charge in [-0.1, -0.05) is 19.8 Å². The van der Waals surface area contributed by atoms with E-state index in [9.17, 15) is 9.59 Å². The monoisotopic (exact) mass is 190 g/mol. The number of unbranched alkanes of at least 4 members (excludes halogenated alkanes) is 1. The molecule has 1 unspecified atom stereocenters. The minimum absolute atomic E-state index is 0.292. The number of carbonyl (C=O) groups excluding carboxylic acids is 1. The van der Waals surface area contributed by atoms with Gasteiger partial charge in [-0.25, -0.2) is 4.79 Å². The van der Waals surface area contributed by atoms with E-state index in [-0.39, 0.29) is 6.42 Å². The molecule has 0 aromatic carbocycles. The van der Waals surface area contributed by atoms with Crippen molar-refractivity contribution >= 4 is 11.9 Å². The maximum atomic E-state index is 10.8. The first-order chi connectivity index (χ1) is 6.11. The first kappa shape index (κ1) is 11.9. The van der Waals surface area contributed by atoms with Crippen molar-refractivity contribution in [2.45, 2.75) is 32.6 Å². The standard InChI is InChI=1S/C8H14O5/c1-2-3-4-6(5-7(9)10)8(11)13-12/h6,12H,2-5H2,1H3,(H,9,10). The molecule has 0 bridgehead atoms. The van der Waals surface area contributed by atoms with Crippen LogP contribution in [0, 0.1) is 5.92 Å². The summed E-state index contributed by atoms with van der Waals surface area (Å²) in [5, 5.41) is 16.5. The lowest BCUT2D eigenvalue weighted by Gasteiger charge is -2.09. The molecule has 0 radical (unpaired) electrons. The zero-order valence-corrected chi connectivity index (χ0v) is 7.52. The number of hydrogen-bond acceptors (Lipinski definition) is 4. The van der Waals surface area contributed by atoms with Crippen molar-refractivity contribution < 1.29 is 24.8 Å². The Kier molecular flexibility index (Phi) is 5.88. The van der Waals surface area contributed by atoms with Gasteiger partial charge in [-0.2, -0.15) is 5.26 Å². The molecule has 0 spiro atoms. The highest BCUT2D eigenvalue weighted by Crippen LogP contribution is 2.14. The summed E-state index contributed by atoms with van der Waals surface area (Å²) in [5.41, 5.74) is 0. The molecule has 0 heterocycles. The SMILES string of the molecule is CCCCC(CC(=O)O)C(=O)OO. The molecule has 0 aliphatic heterocycles. The van der Waals surface area contributed by atoms with Crippen LogP contribution in [0.15, 0.2) is 0 Å². The Morgan fingerprint density at radius 3 is 2.46 bits per heavy atom. The van der Waals surface area contributed by atoms with Gasteiger partial charge >= 0.3 is 11.9 Å². The second-order valence-corrected chi connectivity index (χ2v) is 2.85. The third-order valence-electron chi connectivity index (χ3n) is 1.75. The molecular weight excluding hydrogens is 176 g/mol. The van der Waals surface area contributed by atoms with Crippen LogP contribution in [-0.2, 0) is 14.5 Å². The van der Waals surface area contributed by atoms with Gasteiger partial charge in [0, 0.05) is 0 Å². The Hall–Kier alpha value is -1.10. The van der Waals surface area contributed by atoms with Crippen LogP contribution in [0.1, 0.15) is 32.6 Å². The summed E-state index contributed by atoms with van der Waals surface area (Å²) in [6, 6.07) is 0. The van der Waals surface area contributed by atoms with Gasteiger partial charge in [0.15, 0.2) is 0 Å². The van der Waals surface area contributed by atoms with Gasteiger partial charge in [-0.15, -0.1) is 0 Å². The molecule has 0 amide bonds. The third kappa shape index (κ3) is 5.19. The molecule has 1 atom stereocenters. The Morgan fingerprint density at radius 2 is 2.08 bits per heavy atom. The van der Waals surface area contributed by atoms with Gasteiger partial charge in [0.25, 0.3) is 0 Å². The summed E-state index contributed by atoms with van der Waals surface area (Å²) >= 11 is 0. The number of carboxylic acid groups (broad SMARTS) is 1. The smallest absolute Gasteiger partial charge is 0.345 e. The van der Waals surface area contributed by atoms with Crippen molar-refractivity contribution in [3.8, 4) is 0 Å². The number of hydrogen-bond donors (Lipinski definition) is 2. The van der Waals surface area contributed by atoms with Gasteiger partial charge in [0.2, 0.25) is 0 Å². The molecule has 0 aliphatic rings. The lowest BCUT2D eigenvalue weighted by Crippen LogP contribution is -2.19. The van der Waals surface area contributed by atoms with Gasteiger partial charge < -0.3 is 9.99 Å². The molecule has 0 aromatic rings. The number of carboxylic acids is 1. The number of rotatable bonds is 6. The second kappa shape index (κ2) is 6.42. The average Bonchev–Trinajstić information content (AvgIpc) is 2.10. The molecule has 0 saturated carbocycles. The fourth-order valence-electron chi connectivity index (χ4n) is 1.04. The van der Waals surface area contributed by atoms with E-state index in [1.807, 2.05) is 6.92 Å². The quantitative estimate of drug-likeness (QED) is 0.487. The van der Waals surface area contributed by atoms with E-state index in [1.165, 1.54) is 0 Å². The van der Waals surface area contributed by atoms with Crippen LogP contribution in [0.4, 0.5) is 0 Å². The van der Waals surface area contributed by atoms with Gasteiger partial charge in [-0.3, -0.25) is 4.79 Å². The van der Waals surface area contributed by atoms with Gasteiger partial charge in [0.1, 0.15) is 0 Å². The summed E-state index contributed by atoms with van der Waals surface area (Å²) < 4.78 is 0. The molecular formula is C8H14O5. The van der Waals surface area contributed by atoms with E-state index in [2.05, 4.69) is 4.89 Å². The predicted octanol–water partition coefficient (Wildman–Crippen LogP) is 1.28. The van der Waals surface area contributed by atoms with E-state index in [0.717, 1.165) is 12.8 Å². The van der Waals surface area contributed by atoms with Crippen molar-refractivity contribution in [1.82, 2.24) is 0 Å². The average molecular weight is 190 g/mol. The molecule has 5 heteroatoms. The fourth-order valence-corrected chi connectivity index (χ4v) is 1.04. The molecule has 0 rings (SSSR count). The summed E-state index contributed by atoms with van der Waals surface area (Å²) in [6.07, 6.45) is 1.75. The minimum Gasteiger partial charge on any atom is -0.481 e. The van der Waals surface area contributed by atoms with Crippen LogP contribution in [0.5, 0.6) is 0 Å². The summed E-state index contributed by atoms with van der Waals surface area (Å²) in [4.78, 5) is 24.6. The highest BCUT2D eigenvalue weighted by molar-refractivity contribution is 5.78. The van der Waals surface area contributed by atoms with Gasteiger partial charge in [0.05, 0.1) is 12.3 Å². The lowest BCUT2D eigenvalue weighted by molar-refractivity contribution is -0.239. The molecule has 76 valence electrons.